The van der Waals surface area contributed by atoms with E-state index in [9.17, 15) is 0 Å². The molecule has 2 rings (SSSR count). The Kier molecular flexibility index (Phi) is 4.14. The average Bonchev–Trinajstić information content (AvgIpc) is 2.81. The normalized spacial score (nSPS) is 12.7. The van der Waals surface area contributed by atoms with Crippen LogP contribution < -0.4 is 5.32 Å². The van der Waals surface area contributed by atoms with Crippen molar-refractivity contribution in [2.24, 2.45) is 0 Å². The van der Waals surface area contributed by atoms with Gasteiger partial charge in [0, 0.05) is 11.0 Å². The molecule has 96 valence electrons. The van der Waals surface area contributed by atoms with Crippen LogP contribution in [-0.2, 0) is 6.54 Å². The maximum absolute atomic E-state index is 4.38. The summed E-state index contributed by atoms with van der Waals surface area (Å²) in [7, 11) is 1.95. The van der Waals surface area contributed by atoms with Gasteiger partial charge < -0.3 is 5.32 Å². The molecule has 1 heterocycles. The SMILES string of the molecule is CCn1ncnc1C(NC)c1ccc(Br)cc1C. The molecule has 0 aliphatic heterocycles. The van der Waals surface area contributed by atoms with Gasteiger partial charge in [-0.25, -0.2) is 9.67 Å². The standard InChI is InChI=1S/C13H17BrN4/c1-4-18-13(16-8-17-18)12(15-3)11-6-5-10(14)7-9(11)2/h5-8,12,15H,4H2,1-3H3. The van der Waals surface area contributed by atoms with Gasteiger partial charge in [-0.3, -0.25) is 0 Å². The number of benzene rings is 1. The summed E-state index contributed by atoms with van der Waals surface area (Å²) in [6, 6.07) is 6.36. The van der Waals surface area contributed by atoms with Crippen molar-refractivity contribution >= 4 is 15.9 Å². The fourth-order valence-corrected chi connectivity index (χ4v) is 2.60. The van der Waals surface area contributed by atoms with Crippen LogP contribution in [0.1, 0.15) is 29.9 Å². The molecule has 0 saturated carbocycles. The lowest BCUT2D eigenvalue weighted by molar-refractivity contribution is 0.550. The van der Waals surface area contributed by atoms with Crippen molar-refractivity contribution in [3.05, 3.63) is 46.0 Å². The molecule has 1 aromatic heterocycles. The summed E-state index contributed by atoms with van der Waals surface area (Å²) in [5, 5.41) is 7.55. The highest BCUT2D eigenvalue weighted by Gasteiger charge is 2.19. The molecule has 0 amide bonds. The number of nitrogens with one attached hydrogen (secondary N) is 1. The van der Waals surface area contributed by atoms with Crippen LogP contribution in [0.2, 0.25) is 0 Å². The highest BCUT2D eigenvalue weighted by Crippen LogP contribution is 2.25. The topological polar surface area (TPSA) is 42.7 Å². The number of rotatable bonds is 4. The van der Waals surface area contributed by atoms with Crippen LogP contribution in [0.15, 0.2) is 29.0 Å². The molecule has 0 spiro atoms. The highest BCUT2D eigenvalue weighted by molar-refractivity contribution is 9.10. The first-order valence-corrected chi connectivity index (χ1v) is 6.77. The summed E-state index contributed by atoms with van der Waals surface area (Å²) in [4.78, 5) is 4.38. The quantitative estimate of drug-likeness (QED) is 0.944. The summed E-state index contributed by atoms with van der Waals surface area (Å²) >= 11 is 3.49. The minimum absolute atomic E-state index is 0.0700. The van der Waals surface area contributed by atoms with Gasteiger partial charge in [0.25, 0.3) is 0 Å². The number of aromatic nitrogens is 3. The Morgan fingerprint density at radius 1 is 1.44 bits per heavy atom. The molecule has 18 heavy (non-hydrogen) atoms. The van der Waals surface area contributed by atoms with Crippen LogP contribution in [0, 0.1) is 6.92 Å². The van der Waals surface area contributed by atoms with Gasteiger partial charge in [0.05, 0.1) is 6.04 Å². The van der Waals surface area contributed by atoms with Gasteiger partial charge in [-0.1, -0.05) is 22.0 Å². The van der Waals surface area contributed by atoms with Gasteiger partial charge in [0.1, 0.15) is 12.2 Å². The van der Waals surface area contributed by atoms with E-state index in [-0.39, 0.29) is 6.04 Å². The number of aryl methyl sites for hydroxylation is 2. The lowest BCUT2D eigenvalue weighted by atomic mass is 10.0. The molecule has 0 fully saturated rings. The van der Waals surface area contributed by atoms with Gasteiger partial charge in [-0.2, -0.15) is 5.10 Å². The zero-order chi connectivity index (χ0) is 13.1. The predicted molar refractivity (Wildman–Crippen MR) is 75.5 cm³/mol. The van der Waals surface area contributed by atoms with Gasteiger partial charge in [-0.05, 0) is 44.2 Å². The Hall–Kier alpha value is -1.20. The van der Waals surface area contributed by atoms with Crippen molar-refractivity contribution in [2.75, 3.05) is 7.05 Å². The molecule has 1 atom stereocenters. The first-order valence-electron chi connectivity index (χ1n) is 5.98. The van der Waals surface area contributed by atoms with Crippen LogP contribution in [0.25, 0.3) is 0 Å². The van der Waals surface area contributed by atoms with E-state index < -0.39 is 0 Å². The molecule has 0 bridgehead atoms. The third kappa shape index (κ3) is 2.47. The third-order valence-electron chi connectivity index (χ3n) is 3.03. The predicted octanol–water partition coefficient (Wildman–Crippen LogP) is 2.68. The van der Waals surface area contributed by atoms with E-state index in [2.05, 4.69) is 63.4 Å². The summed E-state index contributed by atoms with van der Waals surface area (Å²) < 4.78 is 3.01. The minimum Gasteiger partial charge on any atom is -0.307 e. The van der Waals surface area contributed by atoms with Crippen LogP contribution >= 0.6 is 15.9 Å². The smallest absolute Gasteiger partial charge is 0.148 e. The molecule has 1 N–H and O–H groups in total. The van der Waals surface area contributed by atoms with Crippen molar-refractivity contribution in [2.45, 2.75) is 26.4 Å². The largest absolute Gasteiger partial charge is 0.307 e. The number of hydrogen-bond acceptors (Lipinski definition) is 3. The van der Waals surface area contributed by atoms with Crippen molar-refractivity contribution in [3.8, 4) is 0 Å². The summed E-state index contributed by atoms with van der Waals surface area (Å²) in [5.74, 6) is 0.949. The summed E-state index contributed by atoms with van der Waals surface area (Å²) in [6.45, 7) is 5.00. The summed E-state index contributed by atoms with van der Waals surface area (Å²) in [6.07, 6.45) is 1.61. The van der Waals surface area contributed by atoms with Gasteiger partial charge in [-0.15, -0.1) is 0 Å². The van der Waals surface area contributed by atoms with Crippen LogP contribution in [0.5, 0.6) is 0 Å². The van der Waals surface area contributed by atoms with E-state index >= 15 is 0 Å². The number of hydrogen-bond donors (Lipinski definition) is 1. The fourth-order valence-electron chi connectivity index (χ4n) is 2.13. The molecular weight excluding hydrogens is 292 g/mol. The van der Waals surface area contributed by atoms with Crippen molar-refractivity contribution in [1.29, 1.82) is 0 Å². The van der Waals surface area contributed by atoms with E-state index in [1.807, 2.05) is 11.7 Å². The van der Waals surface area contributed by atoms with Gasteiger partial charge >= 0.3 is 0 Å². The van der Waals surface area contributed by atoms with E-state index in [4.69, 9.17) is 0 Å². The van der Waals surface area contributed by atoms with Crippen molar-refractivity contribution in [1.82, 2.24) is 20.1 Å². The van der Waals surface area contributed by atoms with Crippen molar-refractivity contribution in [3.63, 3.8) is 0 Å². The molecule has 1 unspecified atom stereocenters. The molecule has 0 aliphatic carbocycles. The van der Waals surface area contributed by atoms with Crippen LogP contribution in [0.4, 0.5) is 0 Å². The Bertz CT molecular complexity index is 536. The maximum Gasteiger partial charge on any atom is 0.148 e. The Balaban J connectivity index is 2.45. The summed E-state index contributed by atoms with van der Waals surface area (Å²) in [5.41, 5.74) is 2.46. The van der Waals surface area contributed by atoms with Crippen molar-refractivity contribution < 1.29 is 0 Å². The second-order valence-electron chi connectivity index (χ2n) is 4.16. The second kappa shape index (κ2) is 5.63. The molecule has 1 aromatic carbocycles. The average molecular weight is 309 g/mol. The monoisotopic (exact) mass is 308 g/mol. The number of halogens is 1. The van der Waals surface area contributed by atoms with Crippen LogP contribution in [-0.4, -0.2) is 21.8 Å². The molecular formula is C13H17BrN4. The van der Waals surface area contributed by atoms with Crippen LogP contribution in [0.3, 0.4) is 0 Å². The Morgan fingerprint density at radius 2 is 2.22 bits per heavy atom. The molecule has 2 aromatic rings. The first-order chi connectivity index (χ1) is 8.67. The zero-order valence-electron chi connectivity index (χ0n) is 10.8. The van der Waals surface area contributed by atoms with E-state index in [1.165, 1.54) is 11.1 Å². The van der Waals surface area contributed by atoms with E-state index in [0.717, 1.165) is 16.8 Å². The van der Waals surface area contributed by atoms with Gasteiger partial charge in [0.15, 0.2) is 0 Å². The lowest BCUT2D eigenvalue weighted by Crippen LogP contribution is -2.23. The zero-order valence-corrected chi connectivity index (χ0v) is 12.4. The van der Waals surface area contributed by atoms with E-state index in [0.29, 0.717) is 0 Å². The van der Waals surface area contributed by atoms with Gasteiger partial charge in [0.2, 0.25) is 0 Å². The molecule has 0 aliphatic rings. The minimum atomic E-state index is 0.0700. The Labute approximate surface area is 116 Å². The molecule has 5 heteroatoms. The Morgan fingerprint density at radius 3 is 2.83 bits per heavy atom. The third-order valence-corrected chi connectivity index (χ3v) is 3.53. The highest BCUT2D eigenvalue weighted by atomic mass is 79.9. The van der Waals surface area contributed by atoms with E-state index in [1.54, 1.807) is 6.33 Å². The number of nitrogens with zero attached hydrogens (tertiary/aromatic N) is 3. The molecule has 0 radical (unpaired) electrons. The molecule has 4 nitrogen and oxygen atoms in total. The molecule has 0 saturated heterocycles. The maximum atomic E-state index is 4.38. The second-order valence-corrected chi connectivity index (χ2v) is 5.07. The first kappa shape index (κ1) is 13.2. The lowest BCUT2D eigenvalue weighted by Gasteiger charge is -2.18. The fraction of sp³-hybridized carbons (Fsp3) is 0.385.